The van der Waals surface area contributed by atoms with Gasteiger partial charge in [0.25, 0.3) is 0 Å². The molecular weight excluding hydrogens is 556 g/mol. The number of aromatic nitrogens is 3. The molecule has 3 aliphatic rings. The summed E-state index contributed by atoms with van der Waals surface area (Å²) in [7, 11) is 1.46. The number of carbonyl (C=O) groups excluding carboxylic acids is 1. The van der Waals surface area contributed by atoms with Crippen LogP contribution in [0.5, 0.6) is 0 Å². The highest BCUT2D eigenvalue weighted by molar-refractivity contribution is 9.10. The minimum Gasteiger partial charge on any atom is -0.469 e. The molecule has 2 aliphatic carbocycles. The van der Waals surface area contributed by atoms with Gasteiger partial charge in [0.1, 0.15) is 0 Å². The van der Waals surface area contributed by atoms with E-state index in [1.807, 2.05) is 0 Å². The van der Waals surface area contributed by atoms with Crippen molar-refractivity contribution in [3.63, 3.8) is 0 Å². The third-order valence-electron chi connectivity index (χ3n) is 9.11. The second kappa shape index (κ2) is 8.88. The average molecular weight is 584 g/mol. The molecule has 198 valence electrons. The normalized spacial score (nSPS) is 25.6. The lowest BCUT2D eigenvalue weighted by Crippen LogP contribution is -2.49. The standard InChI is InChI=1S/C29H28BrF2N3O3/c1-37-28(36)18-12-29(13-18)10-17(11-29)23-24-22(8-16-14-33-34-26(16)25(24)30)35(19-2-3-20(31)21(32)9-19)27(23)15-4-6-38-7-5-15/h2-3,8-9,14-15,17-18H,4-7,10-13H2,1H3,(H,33,34). The summed E-state index contributed by atoms with van der Waals surface area (Å²) in [5, 5.41) is 9.42. The number of benzene rings is 2. The molecule has 7 rings (SSSR count). The summed E-state index contributed by atoms with van der Waals surface area (Å²) in [4.78, 5) is 12.1. The number of nitrogens with one attached hydrogen (secondary N) is 1. The summed E-state index contributed by atoms with van der Waals surface area (Å²) in [6.07, 6.45) is 7.27. The summed E-state index contributed by atoms with van der Waals surface area (Å²) < 4.78 is 42.4. The van der Waals surface area contributed by atoms with Crippen molar-refractivity contribution in [3.05, 3.63) is 57.8 Å². The van der Waals surface area contributed by atoms with Crippen LogP contribution in [0.25, 0.3) is 27.5 Å². The number of rotatable bonds is 4. The summed E-state index contributed by atoms with van der Waals surface area (Å²) in [6, 6.07) is 6.25. The molecule has 0 bridgehead atoms. The van der Waals surface area contributed by atoms with Crippen LogP contribution in [0.3, 0.4) is 0 Å². The Morgan fingerprint density at radius 2 is 1.89 bits per heavy atom. The van der Waals surface area contributed by atoms with Gasteiger partial charge in [-0.25, -0.2) is 8.78 Å². The van der Waals surface area contributed by atoms with Crippen molar-refractivity contribution in [1.29, 1.82) is 0 Å². The SMILES string of the molecule is COC(=O)C1CC2(C1)CC(c1c(C3CCOCC3)n(-c3ccc(F)c(F)c3)c3cc4cn[nH]c4c(Br)c13)C2. The van der Waals surface area contributed by atoms with Crippen LogP contribution < -0.4 is 0 Å². The predicted octanol–water partition coefficient (Wildman–Crippen LogP) is 6.89. The van der Waals surface area contributed by atoms with Gasteiger partial charge >= 0.3 is 5.97 Å². The van der Waals surface area contributed by atoms with E-state index in [9.17, 15) is 13.6 Å². The van der Waals surface area contributed by atoms with Crippen molar-refractivity contribution in [3.8, 4) is 5.69 Å². The largest absolute Gasteiger partial charge is 0.469 e. The van der Waals surface area contributed by atoms with Gasteiger partial charge in [-0.1, -0.05) is 0 Å². The molecule has 0 unspecified atom stereocenters. The van der Waals surface area contributed by atoms with Crippen molar-refractivity contribution < 1.29 is 23.0 Å². The summed E-state index contributed by atoms with van der Waals surface area (Å²) in [5.41, 5.74) is 5.10. The third-order valence-corrected chi connectivity index (χ3v) is 9.91. The maximum atomic E-state index is 14.6. The maximum absolute atomic E-state index is 14.6. The van der Waals surface area contributed by atoms with Gasteiger partial charge in [0.05, 0.1) is 34.7 Å². The van der Waals surface area contributed by atoms with E-state index >= 15 is 0 Å². The fourth-order valence-corrected chi connectivity index (χ4v) is 8.11. The summed E-state index contributed by atoms with van der Waals surface area (Å²) >= 11 is 3.90. The first-order chi connectivity index (χ1) is 18.4. The molecule has 3 heterocycles. The fraction of sp³-hybridized carbons (Fsp3) is 0.448. The van der Waals surface area contributed by atoms with Gasteiger partial charge in [-0.15, -0.1) is 0 Å². The highest BCUT2D eigenvalue weighted by atomic mass is 79.9. The molecule has 4 aromatic rings. The zero-order valence-corrected chi connectivity index (χ0v) is 22.6. The second-order valence-electron chi connectivity index (χ2n) is 11.3. The monoisotopic (exact) mass is 583 g/mol. The van der Waals surface area contributed by atoms with E-state index in [0.29, 0.717) is 24.8 Å². The number of methoxy groups -OCH3 is 1. The Kier molecular flexibility index (Phi) is 5.67. The van der Waals surface area contributed by atoms with Gasteiger partial charge in [-0.05, 0) is 89.6 Å². The molecule has 9 heteroatoms. The molecule has 1 spiro atoms. The Morgan fingerprint density at radius 3 is 2.61 bits per heavy atom. The van der Waals surface area contributed by atoms with E-state index in [-0.39, 0.29) is 23.2 Å². The van der Waals surface area contributed by atoms with Crippen LogP contribution in [-0.2, 0) is 14.3 Å². The zero-order chi connectivity index (χ0) is 26.2. The van der Waals surface area contributed by atoms with Gasteiger partial charge in [0.15, 0.2) is 11.6 Å². The molecule has 38 heavy (non-hydrogen) atoms. The Balaban J connectivity index is 1.43. The van der Waals surface area contributed by atoms with Gasteiger partial charge in [0, 0.05) is 47.4 Å². The molecule has 0 atom stereocenters. The fourth-order valence-electron chi connectivity index (χ4n) is 7.38. The average Bonchev–Trinajstić information content (AvgIpc) is 3.48. The zero-order valence-electron chi connectivity index (χ0n) is 21.0. The lowest BCUT2D eigenvalue weighted by atomic mass is 9.47. The number of hydrogen-bond acceptors (Lipinski definition) is 4. The van der Waals surface area contributed by atoms with E-state index in [1.165, 1.54) is 30.5 Å². The van der Waals surface area contributed by atoms with Gasteiger partial charge in [0.2, 0.25) is 0 Å². The van der Waals surface area contributed by atoms with Crippen LogP contribution in [0, 0.1) is 23.0 Å². The Hall–Kier alpha value is -2.78. The number of fused-ring (bicyclic) bond motifs is 2. The molecule has 2 aromatic heterocycles. The van der Waals surface area contributed by atoms with Gasteiger partial charge in [-0.3, -0.25) is 9.89 Å². The molecule has 6 nitrogen and oxygen atoms in total. The van der Waals surface area contributed by atoms with Crippen LogP contribution in [0.1, 0.15) is 61.6 Å². The number of halogens is 3. The van der Waals surface area contributed by atoms with Crippen molar-refractivity contribution in [2.75, 3.05) is 20.3 Å². The minimum atomic E-state index is -0.863. The number of carbonyl (C=O) groups is 1. The first-order valence-corrected chi connectivity index (χ1v) is 14.0. The second-order valence-corrected chi connectivity index (χ2v) is 12.1. The van der Waals surface area contributed by atoms with E-state index in [1.54, 1.807) is 12.3 Å². The molecule has 3 fully saturated rings. The Bertz CT molecular complexity index is 1580. The number of ether oxygens (including phenoxy) is 2. The topological polar surface area (TPSA) is 69.1 Å². The molecule has 0 radical (unpaired) electrons. The van der Waals surface area contributed by atoms with Crippen LogP contribution in [0.2, 0.25) is 0 Å². The lowest BCUT2D eigenvalue weighted by molar-refractivity contribution is -0.159. The Labute approximate surface area is 226 Å². The van der Waals surface area contributed by atoms with Crippen LogP contribution in [0.15, 0.2) is 34.9 Å². The van der Waals surface area contributed by atoms with Crippen molar-refractivity contribution in [2.45, 2.75) is 50.4 Å². The molecule has 1 saturated heterocycles. The third kappa shape index (κ3) is 3.57. The first-order valence-electron chi connectivity index (χ1n) is 13.2. The first kappa shape index (κ1) is 24.3. The molecule has 2 saturated carbocycles. The Morgan fingerprint density at radius 1 is 1.13 bits per heavy atom. The summed E-state index contributed by atoms with van der Waals surface area (Å²) in [6.45, 7) is 1.34. The smallest absolute Gasteiger partial charge is 0.308 e. The van der Waals surface area contributed by atoms with Gasteiger partial charge < -0.3 is 14.0 Å². The number of H-pyrrole nitrogens is 1. The van der Waals surface area contributed by atoms with Crippen molar-refractivity contribution in [2.24, 2.45) is 11.3 Å². The van der Waals surface area contributed by atoms with Crippen LogP contribution >= 0.6 is 15.9 Å². The van der Waals surface area contributed by atoms with Gasteiger partial charge in [-0.2, -0.15) is 5.10 Å². The van der Waals surface area contributed by atoms with E-state index < -0.39 is 11.6 Å². The minimum absolute atomic E-state index is 0.00389. The number of esters is 1. The van der Waals surface area contributed by atoms with Crippen LogP contribution in [-0.4, -0.2) is 41.1 Å². The highest BCUT2D eigenvalue weighted by Gasteiger charge is 2.56. The maximum Gasteiger partial charge on any atom is 0.308 e. The molecule has 1 aliphatic heterocycles. The van der Waals surface area contributed by atoms with E-state index in [4.69, 9.17) is 9.47 Å². The highest BCUT2D eigenvalue weighted by Crippen LogP contribution is 2.66. The van der Waals surface area contributed by atoms with E-state index in [0.717, 1.165) is 64.8 Å². The molecule has 0 amide bonds. The summed E-state index contributed by atoms with van der Waals surface area (Å²) in [5.74, 6) is -1.31. The predicted molar refractivity (Wildman–Crippen MR) is 142 cm³/mol. The number of aromatic amines is 1. The van der Waals surface area contributed by atoms with Crippen molar-refractivity contribution in [1.82, 2.24) is 14.8 Å². The lowest BCUT2D eigenvalue weighted by Gasteiger charge is -2.57. The van der Waals surface area contributed by atoms with Crippen LogP contribution in [0.4, 0.5) is 8.78 Å². The number of hydrogen-bond donors (Lipinski definition) is 1. The number of nitrogens with zero attached hydrogens (tertiary/aromatic N) is 2. The molecule has 1 N–H and O–H groups in total. The molecular formula is C29H28BrF2N3O3. The van der Waals surface area contributed by atoms with Crippen molar-refractivity contribution >= 4 is 43.7 Å². The molecule has 2 aromatic carbocycles. The quantitative estimate of drug-likeness (QED) is 0.266. The van der Waals surface area contributed by atoms with E-state index in [2.05, 4.69) is 36.8 Å².